The van der Waals surface area contributed by atoms with Gasteiger partial charge in [0.05, 0.1) is 6.26 Å². The average molecular weight is 316 g/mol. The zero-order valence-corrected chi connectivity index (χ0v) is 12.4. The highest BCUT2D eigenvalue weighted by molar-refractivity contribution is 5.98. The molecule has 2 rings (SSSR count). The molecule has 0 aliphatic rings. The molecule has 0 spiro atoms. The van der Waals surface area contributed by atoms with Crippen LogP contribution in [0.3, 0.4) is 0 Å². The highest BCUT2D eigenvalue weighted by Gasteiger charge is 2.27. The van der Waals surface area contributed by atoms with Crippen molar-refractivity contribution in [3.8, 4) is 0 Å². The summed E-state index contributed by atoms with van der Waals surface area (Å²) in [4.78, 5) is 35.8. The zero-order chi connectivity index (χ0) is 16.7. The second-order valence-corrected chi connectivity index (χ2v) is 4.52. The van der Waals surface area contributed by atoms with Crippen molar-refractivity contribution in [2.45, 2.75) is 13.0 Å². The molecule has 1 aromatic carbocycles. The van der Waals surface area contributed by atoms with E-state index in [9.17, 15) is 14.4 Å². The number of esters is 1. The van der Waals surface area contributed by atoms with Crippen molar-refractivity contribution >= 4 is 17.9 Å². The predicted molar refractivity (Wildman–Crippen MR) is 80.5 cm³/mol. The molecule has 2 aromatic rings. The quantitative estimate of drug-likeness (QED) is 0.822. The van der Waals surface area contributed by atoms with Crippen LogP contribution in [0.4, 0.5) is 4.79 Å². The van der Waals surface area contributed by atoms with Gasteiger partial charge in [-0.25, -0.2) is 9.59 Å². The van der Waals surface area contributed by atoms with Gasteiger partial charge in [0, 0.05) is 12.1 Å². The van der Waals surface area contributed by atoms with E-state index in [1.54, 1.807) is 37.3 Å². The highest BCUT2D eigenvalue weighted by Crippen LogP contribution is 2.19. The number of urea groups is 1. The van der Waals surface area contributed by atoms with Crippen LogP contribution in [-0.4, -0.2) is 24.5 Å². The minimum absolute atomic E-state index is 0.0308. The third-order valence-corrected chi connectivity index (χ3v) is 2.86. The van der Waals surface area contributed by atoms with Gasteiger partial charge in [-0.05, 0) is 19.1 Å². The molecule has 2 N–H and O–H groups in total. The van der Waals surface area contributed by atoms with Gasteiger partial charge in [-0.1, -0.05) is 30.3 Å². The molecule has 120 valence electrons. The number of imide groups is 1. The summed E-state index contributed by atoms with van der Waals surface area (Å²) < 4.78 is 10.1. The first-order chi connectivity index (χ1) is 11.1. The number of hydrogen-bond donors (Lipinski definition) is 2. The molecular weight excluding hydrogens is 300 g/mol. The number of furan rings is 1. The number of ether oxygens (including phenoxy) is 1. The van der Waals surface area contributed by atoms with E-state index in [4.69, 9.17) is 9.15 Å². The summed E-state index contributed by atoms with van der Waals surface area (Å²) in [7, 11) is 0. The number of amides is 3. The number of carbonyl (C=O) groups is 3. The SMILES string of the molecule is CCNC(=O)NC(=O)[C@@H](OC(=O)c1ccco1)c1ccccc1. The normalized spacial score (nSPS) is 11.3. The first-order valence-corrected chi connectivity index (χ1v) is 7.00. The van der Waals surface area contributed by atoms with Crippen molar-refractivity contribution < 1.29 is 23.5 Å². The summed E-state index contributed by atoms with van der Waals surface area (Å²) in [6, 6.07) is 10.7. The van der Waals surface area contributed by atoms with Crippen LogP contribution in [0.2, 0.25) is 0 Å². The fourth-order valence-corrected chi connectivity index (χ4v) is 1.84. The van der Waals surface area contributed by atoms with Crippen molar-refractivity contribution in [2.75, 3.05) is 6.54 Å². The van der Waals surface area contributed by atoms with E-state index in [1.165, 1.54) is 18.4 Å². The zero-order valence-electron chi connectivity index (χ0n) is 12.4. The van der Waals surface area contributed by atoms with Gasteiger partial charge < -0.3 is 14.5 Å². The molecule has 0 unspecified atom stereocenters. The Morgan fingerprint density at radius 3 is 2.48 bits per heavy atom. The Balaban J connectivity index is 2.17. The monoisotopic (exact) mass is 316 g/mol. The van der Waals surface area contributed by atoms with Gasteiger partial charge >= 0.3 is 12.0 Å². The minimum atomic E-state index is -1.27. The lowest BCUT2D eigenvalue weighted by atomic mass is 10.1. The molecule has 7 heteroatoms. The lowest BCUT2D eigenvalue weighted by Gasteiger charge is -2.17. The van der Waals surface area contributed by atoms with Crippen LogP contribution in [0.1, 0.15) is 29.1 Å². The number of rotatable bonds is 5. The lowest BCUT2D eigenvalue weighted by molar-refractivity contribution is -0.129. The first-order valence-electron chi connectivity index (χ1n) is 7.00. The Hall–Kier alpha value is -3.09. The number of hydrogen-bond acceptors (Lipinski definition) is 5. The van der Waals surface area contributed by atoms with E-state index < -0.39 is 24.0 Å². The van der Waals surface area contributed by atoms with Crippen molar-refractivity contribution in [3.63, 3.8) is 0 Å². The van der Waals surface area contributed by atoms with Crippen molar-refractivity contribution in [3.05, 3.63) is 60.1 Å². The molecular formula is C16H16N2O5. The molecule has 1 aromatic heterocycles. The van der Waals surface area contributed by atoms with Crippen LogP contribution in [0, 0.1) is 0 Å². The van der Waals surface area contributed by atoms with Gasteiger partial charge in [0.25, 0.3) is 5.91 Å². The Bertz CT molecular complexity index is 667. The maximum absolute atomic E-state index is 12.3. The molecule has 1 atom stereocenters. The fraction of sp³-hybridized carbons (Fsp3) is 0.188. The lowest BCUT2D eigenvalue weighted by Crippen LogP contribution is -2.42. The maximum atomic E-state index is 12.3. The highest BCUT2D eigenvalue weighted by atomic mass is 16.6. The van der Waals surface area contributed by atoms with E-state index in [2.05, 4.69) is 10.6 Å². The summed E-state index contributed by atoms with van der Waals surface area (Å²) in [5.41, 5.74) is 0.439. The van der Waals surface area contributed by atoms with Crippen molar-refractivity contribution in [1.29, 1.82) is 0 Å². The summed E-state index contributed by atoms with van der Waals surface area (Å²) >= 11 is 0. The van der Waals surface area contributed by atoms with Crippen molar-refractivity contribution in [2.24, 2.45) is 0 Å². The third-order valence-electron chi connectivity index (χ3n) is 2.86. The molecule has 0 bridgehead atoms. The largest absolute Gasteiger partial charge is 0.457 e. The minimum Gasteiger partial charge on any atom is -0.457 e. The Labute approximate surface area is 132 Å². The molecule has 0 radical (unpaired) electrons. The molecule has 7 nitrogen and oxygen atoms in total. The predicted octanol–water partition coefficient (Wildman–Crippen LogP) is 2.02. The van der Waals surface area contributed by atoms with Crippen LogP contribution >= 0.6 is 0 Å². The summed E-state index contributed by atoms with van der Waals surface area (Å²) in [6.07, 6.45) is 0.0551. The maximum Gasteiger partial charge on any atom is 0.375 e. The van der Waals surface area contributed by atoms with E-state index in [0.29, 0.717) is 12.1 Å². The van der Waals surface area contributed by atoms with E-state index in [1.807, 2.05) is 0 Å². The van der Waals surface area contributed by atoms with E-state index in [0.717, 1.165) is 0 Å². The Kier molecular flexibility index (Phi) is 5.51. The molecule has 23 heavy (non-hydrogen) atoms. The summed E-state index contributed by atoms with van der Waals surface area (Å²) in [5, 5.41) is 4.57. The first kappa shape index (κ1) is 16.3. The molecule has 3 amide bonds. The second kappa shape index (κ2) is 7.79. The third kappa shape index (κ3) is 4.44. The average Bonchev–Trinajstić information content (AvgIpc) is 3.07. The van der Waals surface area contributed by atoms with Gasteiger partial charge in [-0.3, -0.25) is 10.1 Å². The second-order valence-electron chi connectivity index (χ2n) is 4.52. The molecule has 1 heterocycles. The molecule has 0 aliphatic heterocycles. The van der Waals surface area contributed by atoms with Crippen LogP contribution in [-0.2, 0) is 9.53 Å². The molecule has 0 saturated heterocycles. The van der Waals surface area contributed by atoms with Crippen LogP contribution in [0.5, 0.6) is 0 Å². The molecule has 0 fully saturated rings. The fourth-order valence-electron chi connectivity index (χ4n) is 1.84. The topological polar surface area (TPSA) is 97.6 Å². The molecule has 0 saturated carbocycles. The summed E-state index contributed by atoms with van der Waals surface area (Å²) in [5.74, 6) is -1.58. The number of carbonyl (C=O) groups excluding carboxylic acids is 3. The van der Waals surface area contributed by atoms with Gasteiger partial charge in [0.15, 0.2) is 0 Å². The number of benzene rings is 1. The van der Waals surface area contributed by atoms with E-state index >= 15 is 0 Å². The Morgan fingerprint density at radius 2 is 1.87 bits per heavy atom. The standard InChI is InChI=1S/C16H16N2O5/c1-2-17-16(21)18-14(19)13(11-7-4-3-5-8-11)23-15(20)12-9-6-10-22-12/h3-10,13H,2H2,1H3,(H2,17,18,19,21)/t13-/m0/s1. The van der Waals surface area contributed by atoms with Crippen molar-refractivity contribution in [1.82, 2.24) is 10.6 Å². The van der Waals surface area contributed by atoms with E-state index in [-0.39, 0.29) is 5.76 Å². The molecule has 0 aliphatic carbocycles. The van der Waals surface area contributed by atoms with Crippen LogP contribution in [0.25, 0.3) is 0 Å². The van der Waals surface area contributed by atoms with Gasteiger partial charge in [-0.2, -0.15) is 0 Å². The van der Waals surface area contributed by atoms with Crippen LogP contribution < -0.4 is 10.6 Å². The van der Waals surface area contributed by atoms with Gasteiger partial charge in [0.1, 0.15) is 0 Å². The van der Waals surface area contributed by atoms with Gasteiger partial charge in [-0.15, -0.1) is 0 Å². The Morgan fingerprint density at radius 1 is 1.13 bits per heavy atom. The summed E-state index contributed by atoms with van der Waals surface area (Å²) in [6.45, 7) is 2.08. The number of nitrogens with one attached hydrogen (secondary N) is 2. The van der Waals surface area contributed by atoms with Gasteiger partial charge in [0.2, 0.25) is 11.9 Å². The smallest absolute Gasteiger partial charge is 0.375 e. The van der Waals surface area contributed by atoms with Crippen LogP contribution in [0.15, 0.2) is 53.1 Å².